The van der Waals surface area contributed by atoms with Crippen molar-refractivity contribution in [1.82, 2.24) is 4.90 Å². The molecule has 0 saturated heterocycles. The Labute approximate surface area is 123 Å². The summed E-state index contributed by atoms with van der Waals surface area (Å²) in [4.78, 5) is 24.2. The number of carboxylic acids is 1. The summed E-state index contributed by atoms with van der Waals surface area (Å²) in [6, 6.07) is 4.16. The molecule has 0 aliphatic carbocycles. The van der Waals surface area contributed by atoms with Gasteiger partial charge in [0.2, 0.25) is 0 Å². The summed E-state index contributed by atoms with van der Waals surface area (Å²) in [5, 5.41) is 11.5. The van der Waals surface area contributed by atoms with Gasteiger partial charge in [-0.1, -0.05) is 6.92 Å². The van der Waals surface area contributed by atoms with Gasteiger partial charge in [0, 0.05) is 19.0 Å². The van der Waals surface area contributed by atoms with Crippen molar-refractivity contribution in [1.29, 1.82) is 0 Å². The van der Waals surface area contributed by atoms with Crippen LogP contribution >= 0.6 is 0 Å². The standard InChI is InChI=1S/C13H18N2O5S/c1-4-11(12(16)17)15(2)13(18)14-9-5-7-10(8-6-9)21(3,19)20/h5-8,11H,4H2,1-3H3,(H,14,18)(H,16,17). The van der Waals surface area contributed by atoms with Gasteiger partial charge < -0.3 is 15.3 Å². The number of amides is 2. The molecule has 1 atom stereocenters. The normalized spacial score (nSPS) is 12.5. The van der Waals surface area contributed by atoms with Crippen molar-refractivity contribution in [2.45, 2.75) is 24.3 Å². The van der Waals surface area contributed by atoms with Crippen molar-refractivity contribution in [3.05, 3.63) is 24.3 Å². The van der Waals surface area contributed by atoms with Crippen molar-refractivity contribution in [2.75, 3.05) is 18.6 Å². The highest BCUT2D eigenvalue weighted by atomic mass is 32.2. The topological polar surface area (TPSA) is 104 Å². The van der Waals surface area contributed by atoms with Crippen LogP contribution < -0.4 is 5.32 Å². The van der Waals surface area contributed by atoms with E-state index in [1.807, 2.05) is 0 Å². The molecule has 0 saturated carbocycles. The van der Waals surface area contributed by atoms with E-state index in [0.717, 1.165) is 11.2 Å². The Kier molecular flexibility index (Phi) is 5.31. The molecule has 0 fully saturated rings. The van der Waals surface area contributed by atoms with E-state index >= 15 is 0 Å². The number of urea groups is 1. The van der Waals surface area contributed by atoms with Crippen molar-refractivity contribution >= 4 is 27.5 Å². The monoisotopic (exact) mass is 314 g/mol. The van der Waals surface area contributed by atoms with Gasteiger partial charge in [0.1, 0.15) is 6.04 Å². The Bertz CT molecular complexity index is 624. The molecule has 1 unspecified atom stereocenters. The van der Waals surface area contributed by atoms with Crippen LogP contribution in [0.1, 0.15) is 13.3 Å². The number of benzene rings is 1. The molecule has 0 aliphatic heterocycles. The first-order chi connectivity index (χ1) is 9.66. The van der Waals surface area contributed by atoms with Crippen LogP contribution in [0.25, 0.3) is 0 Å². The number of nitrogens with zero attached hydrogens (tertiary/aromatic N) is 1. The van der Waals surface area contributed by atoms with Gasteiger partial charge >= 0.3 is 12.0 Å². The van der Waals surface area contributed by atoms with Crippen LogP contribution in [0.3, 0.4) is 0 Å². The van der Waals surface area contributed by atoms with E-state index in [4.69, 9.17) is 5.11 Å². The third-order valence-corrected chi connectivity index (χ3v) is 4.12. The fourth-order valence-electron chi connectivity index (χ4n) is 1.75. The van der Waals surface area contributed by atoms with Crippen molar-refractivity contribution < 1.29 is 23.1 Å². The van der Waals surface area contributed by atoms with Crippen molar-refractivity contribution in [3.63, 3.8) is 0 Å². The van der Waals surface area contributed by atoms with Crippen LogP contribution in [0.2, 0.25) is 0 Å². The number of carboxylic acid groups (broad SMARTS) is 1. The lowest BCUT2D eigenvalue weighted by Crippen LogP contribution is -2.44. The highest BCUT2D eigenvalue weighted by Gasteiger charge is 2.24. The van der Waals surface area contributed by atoms with Gasteiger partial charge in [-0.3, -0.25) is 0 Å². The molecule has 2 amide bonds. The maximum absolute atomic E-state index is 11.9. The third kappa shape index (κ3) is 4.45. The second-order valence-corrected chi connectivity index (χ2v) is 6.62. The van der Waals surface area contributed by atoms with Gasteiger partial charge in [-0.2, -0.15) is 0 Å². The predicted octanol–water partition coefficient (Wildman–Crippen LogP) is 1.42. The maximum atomic E-state index is 11.9. The van der Waals surface area contributed by atoms with E-state index in [-0.39, 0.29) is 11.3 Å². The summed E-state index contributed by atoms with van der Waals surface area (Å²) in [6.07, 6.45) is 1.37. The van der Waals surface area contributed by atoms with E-state index in [1.54, 1.807) is 6.92 Å². The summed E-state index contributed by atoms with van der Waals surface area (Å²) < 4.78 is 22.6. The highest BCUT2D eigenvalue weighted by Crippen LogP contribution is 2.15. The predicted molar refractivity (Wildman–Crippen MR) is 78.0 cm³/mol. The van der Waals surface area contributed by atoms with Crippen LogP contribution in [-0.4, -0.2) is 49.8 Å². The first-order valence-corrected chi connectivity index (χ1v) is 8.12. The van der Waals surface area contributed by atoms with Crippen LogP contribution in [-0.2, 0) is 14.6 Å². The van der Waals surface area contributed by atoms with Crippen LogP contribution in [0, 0.1) is 0 Å². The zero-order valence-electron chi connectivity index (χ0n) is 12.0. The first-order valence-electron chi connectivity index (χ1n) is 6.23. The number of aliphatic carboxylic acids is 1. The van der Waals surface area contributed by atoms with Crippen molar-refractivity contribution in [2.24, 2.45) is 0 Å². The molecular formula is C13H18N2O5S. The summed E-state index contributed by atoms with van der Waals surface area (Å²) >= 11 is 0. The molecule has 1 aromatic rings. The Morgan fingerprint density at radius 3 is 2.19 bits per heavy atom. The van der Waals surface area contributed by atoms with E-state index in [9.17, 15) is 18.0 Å². The second-order valence-electron chi connectivity index (χ2n) is 4.60. The number of carbonyl (C=O) groups is 2. The second kappa shape index (κ2) is 6.57. The molecule has 0 heterocycles. The highest BCUT2D eigenvalue weighted by molar-refractivity contribution is 7.90. The largest absolute Gasteiger partial charge is 0.480 e. The van der Waals surface area contributed by atoms with Crippen molar-refractivity contribution in [3.8, 4) is 0 Å². The summed E-state index contributed by atoms with van der Waals surface area (Å²) in [5.74, 6) is -1.08. The number of carbonyl (C=O) groups excluding carboxylic acids is 1. The Hall–Kier alpha value is -2.09. The summed E-state index contributed by atoms with van der Waals surface area (Å²) in [7, 11) is -1.90. The molecule has 7 nitrogen and oxygen atoms in total. The Balaban J connectivity index is 2.82. The van der Waals surface area contributed by atoms with Gasteiger partial charge in [-0.05, 0) is 30.7 Å². The lowest BCUT2D eigenvalue weighted by Gasteiger charge is -2.24. The Morgan fingerprint density at radius 2 is 1.81 bits per heavy atom. The van der Waals surface area contributed by atoms with E-state index in [1.165, 1.54) is 31.3 Å². The molecular weight excluding hydrogens is 296 g/mol. The van der Waals surface area contributed by atoms with Crippen LogP contribution in [0.4, 0.5) is 10.5 Å². The van der Waals surface area contributed by atoms with Gasteiger partial charge in [0.05, 0.1) is 4.90 Å². The van der Waals surface area contributed by atoms with Gasteiger partial charge in [-0.15, -0.1) is 0 Å². The number of likely N-dealkylation sites (N-methyl/N-ethyl adjacent to an activating group) is 1. The summed E-state index contributed by atoms with van der Waals surface area (Å²) in [6.45, 7) is 1.67. The number of nitrogens with one attached hydrogen (secondary N) is 1. The quantitative estimate of drug-likeness (QED) is 0.855. The number of anilines is 1. The fraction of sp³-hybridized carbons (Fsp3) is 0.385. The molecule has 0 aromatic heterocycles. The van der Waals surface area contributed by atoms with Gasteiger partial charge in [0.15, 0.2) is 9.84 Å². The molecule has 21 heavy (non-hydrogen) atoms. The molecule has 2 N–H and O–H groups in total. The van der Waals surface area contributed by atoms with E-state index in [2.05, 4.69) is 5.32 Å². The molecule has 8 heteroatoms. The van der Waals surface area contributed by atoms with E-state index in [0.29, 0.717) is 5.69 Å². The number of hydrogen-bond donors (Lipinski definition) is 2. The minimum absolute atomic E-state index is 0.144. The molecule has 0 aliphatic rings. The maximum Gasteiger partial charge on any atom is 0.326 e. The first kappa shape index (κ1) is 17.0. The molecule has 0 radical (unpaired) electrons. The van der Waals surface area contributed by atoms with Gasteiger partial charge in [0.25, 0.3) is 0 Å². The van der Waals surface area contributed by atoms with Crippen LogP contribution in [0.15, 0.2) is 29.2 Å². The smallest absolute Gasteiger partial charge is 0.326 e. The number of sulfone groups is 1. The average Bonchev–Trinajstić information content (AvgIpc) is 2.38. The summed E-state index contributed by atoms with van der Waals surface area (Å²) in [5.41, 5.74) is 0.388. The molecule has 0 bridgehead atoms. The minimum atomic E-state index is -3.29. The molecule has 1 rings (SSSR count). The lowest BCUT2D eigenvalue weighted by atomic mass is 10.2. The molecule has 116 valence electrons. The SMILES string of the molecule is CCC(C(=O)O)N(C)C(=O)Nc1ccc(S(C)(=O)=O)cc1. The zero-order chi connectivity index (χ0) is 16.2. The van der Waals surface area contributed by atoms with Gasteiger partial charge in [-0.25, -0.2) is 18.0 Å². The third-order valence-electron chi connectivity index (χ3n) is 2.99. The minimum Gasteiger partial charge on any atom is -0.480 e. The number of hydrogen-bond acceptors (Lipinski definition) is 4. The molecule has 0 spiro atoms. The zero-order valence-corrected chi connectivity index (χ0v) is 12.8. The fourth-order valence-corrected chi connectivity index (χ4v) is 2.38. The van der Waals surface area contributed by atoms with E-state index < -0.39 is 27.9 Å². The molecule has 1 aromatic carbocycles. The van der Waals surface area contributed by atoms with Crippen LogP contribution in [0.5, 0.6) is 0 Å². The Morgan fingerprint density at radius 1 is 1.29 bits per heavy atom. The average molecular weight is 314 g/mol. The number of rotatable bonds is 5. The lowest BCUT2D eigenvalue weighted by molar-refractivity contribution is -0.141.